The van der Waals surface area contributed by atoms with Gasteiger partial charge in [-0.05, 0) is 43.5 Å². The molecule has 0 saturated heterocycles. The molecule has 1 aliphatic heterocycles. The minimum atomic E-state index is -1.87. The van der Waals surface area contributed by atoms with E-state index in [0.29, 0.717) is 11.1 Å². The van der Waals surface area contributed by atoms with Gasteiger partial charge >= 0.3 is 5.97 Å². The predicted octanol–water partition coefficient (Wildman–Crippen LogP) is 2.97. The number of aromatic hydroxyl groups is 1. The van der Waals surface area contributed by atoms with Crippen molar-refractivity contribution >= 4 is 11.8 Å². The SMILES string of the molecule is CCCC1=CC2=C(CO1)C(=O)[C@@](C)(O)C(OC(=O)c1c(C)cc(O)cc1OC)C2. The normalized spacial score (nSPS) is 23.8. The van der Waals surface area contributed by atoms with Gasteiger partial charge in [-0.1, -0.05) is 6.92 Å². The topological polar surface area (TPSA) is 102 Å². The average molecular weight is 402 g/mol. The second kappa shape index (κ2) is 7.91. The van der Waals surface area contributed by atoms with Crippen molar-refractivity contribution in [3.8, 4) is 11.5 Å². The number of aryl methyl sites for hydroxylation is 1. The van der Waals surface area contributed by atoms with Crippen LogP contribution in [-0.2, 0) is 14.3 Å². The van der Waals surface area contributed by atoms with Gasteiger partial charge in [-0.2, -0.15) is 0 Å². The Bertz CT molecular complexity index is 908. The van der Waals surface area contributed by atoms with E-state index in [1.165, 1.54) is 26.2 Å². The number of phenolic OH excluding ortho intramolecular Hbond substituents is 1. The van der Waals surface area contributed by atoms with Crippen LogP contribution < -0.4 is 4.74 Å². The number of Topliss-reactive ketones (excluding diaryl/α,β-unsaturated/α-hetero) is 1. The highest BCUT2D eigenvalue weighted by Crippen LogP contribution is 2.37. The summed E-state index contributed by atoms with van der Waals surface area (Å²) in [4.78, 5) is 25.7. The molecule has 2 atom stereocenters. The van der Waals surface area contributed by atoms with Gasteiger partial charge in [0, 0.05) is 24.5 Å². The highest BCUT2D eigenvalue weighted by Gasteiger charge is 2.48. The highest BCUT2D eigenvalue weighted by molar-refractivity contribution is 6.05. The van der Waals surface area contributed by atoms with Crippen molar-refractivity contribution in [2.45, 2.75) is 51.7 Å². The predicted molar refractivity (Wildman–Crippen MR) is 105 cm³/mol. The summed E-state index contributed by atoms with van der Waals surface area (Å²) < 4.78 is 16.4. The second-order valence-electron chi connectivity index (χ2n) is 7.57. The van der Waals surface area contributed by atoms with Crippen molar-refractivity contribution in [3.05, 3.63) is 46.2 Å². The third-order valence-electron chi connectivity index (χ3n) is 5.34. The number of hydrogen-bond donors (Lipinski definition) is 2. The summed E-state index contributed by atoms with van der Waals surface area (Å²) in [5, 5.41) is 20.6. The summed E-state index contributed by atoms with van der Waals surface area (Å²) in [5.41, 5.74) is -0.123. The maximum Gasteiger partial charge on any atom is 0.342 e. The molecule has 1 heterocycles. The summed E-state index contributed by atoms with van der Waals surface area (Å²) >= 11 is 0. The van der Waals surface area contributed by atoms with E-state index in [2.05, 4.69) is 0 Å². The minimum Gasteiger partial charge on any atom is -0.508 e. The first-order chi connectivity index (χ1) is 13.7. The molecule has 0 spiro atoms. The lowest BCUT2D eigenvalue weighted by molar-refractivity contribution is -0.146. The summed E-state index contributed by atoms with van der Waals surface area (Å²) in [6.45, 7) is 5.13. The summed E-state index contributed by atoms with van der Waals surface area (Å²) in [6.07, 6.45) is 2.60. The first-order valence-corrected chi connectivity index (χ1v) is 9.60. The maximum atomic E-state index is 12.9. The number of hydrogen-bond acceptors (Lipinski definition) is 7. The van der Waals surface area contributed by atoms with Crippen molar-refractivity contribution < 1.29 is 34.0 Å². The second-order valence-corrected chi connectivity index (χ2v) is 7.57. The van der Waals surface area contributed by atoms with Crippen LogP contribution in [0.2, 0.25) is 0 Å². The molecule has 7 heteroatoms. The number of carbonyl (C=O) groups is 2. The Kier molecular flexibility index (Phi) is 5.71. The van der Waals surface area contributed by atoms with Gasteiger partial charge in [-0.25, -0.2) is 4.79 Å². The van der Waals surface area contributed by atoms with Crippen molar-refractivity contribution in [1.29, 1.82) is 0 Å². The third kappa shape index (κ3) is 3.87. The number of aliphatic hydroxyl groups is 1. The van der Waals surface area contributed by atoms with E-state index in [4.69, 9.17) is 14.2 Å². The van der Waals surface area contributed by atoms with Crippen molar-refractivity contribution in [3.63, 3.8) is 0 Å². The summed E-state index contributed by atoms with van der Waals surface area (Å²) in [7, 11) is 1.38. The number of ether oxygens (including phenoxy) is 3. The Labute approximate surface area is 169 Å². The van der Waals surface area contributed by atoms with Gasteiger partial charge in [0.2, 0.25) is 0 Å². The number of allylic oxidation sites excluding steroid dienone is 2. The highest BCUT2D eigenvalue weighted by atomic mass is 16.6. The summed E-state index contributed by atoms with van der Waals surface area (Å²) in [5.74, 6) is -0.336. The molecule has 0 bridgehead atoms. The standard InChI is InChI=1S/C22H26O7/c1-5-6-15-8-13-9-18(22(3,26)20(24)16(13)11-28-15)29-21(25)19-12(2)7-14(23)10-17(19)27-4/h7-8,10,18,23,26H,5-6,9,11H2,1-4H3/t18?,22-/m0/s1. The molecule has 0 fully saturated rings. The smallest absolute Gasteiger partial charge is 0.342 e. The number of methoxy groups -OCH3 is 1. The largest absolute Gasteiger partial charge is 0.508 e. The Hall–Kier alpha value is -2.80. The Morgan fingerprint density at radius 3 is 2.76 bits per heavy atom. The molecule has 3 rings (SSSR count). The first-order valence-electron chi connectivity index (χ1n) is 9.60. The van der Waals surface area contributed by atoms with E-state index in [9.17, 15) is 19.8 Å². The van der Waals surface area contributed by atoms with E-state index in [0.717, 1.165) is 24.2 Å². The van der Waals surface area contributed by atoms with Gasteiger partial charge in [-0.15, -0.1) is 0 Å². The molecule has 29 heavy (non-hydrogen) atoms. The van der Waals surface area contributed by atoms with Gasteiger partial charge in [0.25, 0.3) is 0 Å². The van der Waals surface area contributed by atoms with E-state index in [1.807, 2.05) is 13.0 Å². The first kappa shape index (κ1) is 20.9. The van der Waals surface area contributed by atoms with Gasteiger partial charge in [-0.3, -0.25) is 4.79 Å². The lowest BCUT2D eigenvalue weighted by atomic mass is 9.77. The van der Waals surface area contributed by atoms with Crippen molar-refractivity contribution in [2.24, 2.45) is 0 Å². The summed E-state index contributed by atoms with van der Waals surface area (Å²) in [6, 6.07) is 2.73. The molecular weight excluding hydrogens is 376 g/mol. The van der Waals surface area contributed by atoms with Crippen LogP contribution in [0.1, 0.15) is 49.0 Å². The zero-order valence-corrected chi connectivity index (χ0v) is 17.1. The quantitative estimate of drug-likeness (QED) is 0.730. The van der Waals surface area contributed by atoms with Crippen molar-refractivity contribution in [2.75, 3.05) is 13.7 Å². The average Bonchev–Trinajstić information content (AvgIpc) is 2.65. The molecule has 0 saturated carbocycles. The molecule has 1 aromatic rings. The van der Waals surface area contributed by atoms with Gasteiger partial charge in [0.05, 0.1) is 12.9 Å². The van der Waals surface area contributed by atoms with Gasteiger partial charge in [0.15, 0.2) is 11.4 Å². The van der Waals surface area contributed by atoms with Crippen LogP contribution in [0.4, 0.5) is 0 Å². The number of phenols is 1. The number of benzene rings is 1. The molecule has 0 radical (unpaired) electrons. The fourth-order valence-electron chi connectivity index (χ4n) is 3.72. The molecule has 156 valence electrons. The molecule has 2 N–H and O–H groups in total. The van der Waals surface area contributed by atoms with Gasteiger partial charge in [0.1, 0.15) is 29.8 Å². The van der Waals surface area contributed by atoms with E-state index >= 15 is 0 Å². The molecule has 1 aromatic carbocycles. The maximum absolute atomic E-state index is 12.9. The fourth-order valence-corrected chi connectivity index (χ4v) is 3.72. The fraction of sp³-hybridized carbons (Fsp3) is 0.455. The van der Waals surface area contributed by atoms with Crippen LogP contribution in [0.25, 0.3) is 0 Å². The van der Waals surface area contributed by atoms with E-state index < -0.39 is 23.5 Å². The van der Waals surface area contributed by atoms with Crippen LogP contribution in [0, 0.1) is 6.92 Å². The molecule has 2 aliphatic rings. The van der Waals surface area contributed by atoms with Crippen LogP contribution in [-0.4, -0.2) is 47.4 Å². The number of ketones is 1. The molecular formula is C22H26O7. The minimum absolute atomic E-state index is 0.0404. The van der Waals surface area contributed by atoms with E-state index in [1.54, 1.807) is 6.92 Å². The molecule has 1 aliphatic carbocycles. The van der Waals surface area contributed by atoms with Crippen LogP contribution in [0.5, 0.6) is 11.5 Å². The van der Waals surface area contributed by atoms with Gasteiger partial charge < -0.3 is 24.4 Å². The van der Waals surface area contributed by atoms with Crippen LogP contribution in [0.3, 0.4) is 0 Å². The number of esters is 1. The third-order valence-corrected chi connectivity index (χ3v) is 5.34. The lowest BCUT2D eigenvalue weighted by Gasteiger charge is -2.38. The zero-order valence-electron chi connectivity index (χ0n) is 17.1. The molecule has 7 nitrogen and oxygen atoms in total. The van der Waals surface area contributed by atoms with E-state index in [-0.39, 0.29) is 30.1 Å². The Balaban J connectivity index is 1.91. The number of rotatable bonds is 5. The molecule has 0 amide bonds. The zero-order chi connectivity index (χ0) is 21.3. The Morgan fingerprint density at radius 1 is 1.38 bits per heavy atom. The van der Waals surface area contributed by atoms with Crippen molar-refractivity contribution in [1.82, 2.24) is 0 Å². The monoisotopic (exact) mass is 402 g/mol. The molecule has 0 aromatic heterocycles. The van der Waals surface area contributed by atoms with Crippen LogP contribution in [0.15, 0.2) is 35.1 Å². The Morgan fingerprint density at radius 2 is 2.10 bits per heavy atom. The lowest BCUT2D eigenvalue weighted by Crippen LogP contribution is -2.53. The number of carbonyl (C=O) groups excluding carboxylic acids is 2. The molecule has 1 unspecified atom stereocenters. The van der Waals surface area contributed by atoms with Crippen LogP contribution >= 0.6 is 0 Å².